The summed E-state index contributed by atoms with van der Waals surface area (Å²) in [6.07, 6.45) is 1.99. The second-order valence-electron chi connectivity index (χ2n) is 6.93. The summed E-state index contributed by atoms with van der Waals surface area (Å²) in [6, 6.07) is 17.2. The smallest absolute Gasteiger partial charge is 0.310 e. The Morgan fingerprint density at radius 2 is 1.83 bits per heavy atom. The number of carbonyl (C=O) groups is 1. The molecule has 0 atom stereocenters. The molecule has 6 nitrogen and oxygen atoms in total. The van der Waals surface area contributed by atoms with E-state index in [1.807, 2.05) is 67.7 Å². The summed E-state index contributed by atoms with van der Waals surface area (Å²) < 4.78 is 12.5. The van der Waals surface area contributed by atoms with Gasteiger partial charge in [0.25, 0.3) is 0 Å². The van der Waals surface area contributed by atoms with E-state index < -0.39 is 0 Å². The van der Waals surface area contributed by atoms with Gasteiger partial charge in [-0.15, -0.1) is 0 Å². The Labute approximate surface area is 179 Å². The van der Waals surface area contributed by atoms with Crippen LogP contribution in [-0.4, -0.2) is 20.9 Å². The van der Waals surface area contributed by atoms with Gasteiger partial charge in [0.1, 0.15) is 12.4 Å². The summed E-state index contributed by atoms with van der Waals surface area (Å²) in [5.74, 6) is 0.280. The number of hydrogen-bond donors (Lipinski definition) is 0. The lowest BCUT2D eigenvalue weighted by Crippen LogP contribution is -2.09. The van der Waals surface area contributed by atoms with Crippen molar-refractivity contribution in [2.45, 2.75) is 26.9 Å². The van der Waals surface area contributed by atoms with Crippen molar-refractivity contribution in [1.29, 1.82) is 0 Å². The Bertz CT molecular complexity index is 1140. The number of hydrogen-bond acceptors (Lipinski definition) is 5. The first-order valence-electron chi connectivity index (χ1n) is 9.48. The molecule has 0 saturated heterocycles. The summed E-state index contributed by atoms with van der Waals surface area (Å²) in [6.45, 7) is 3.69. The van der Waals surface area contributed by atoms with E-state index in [-0.39, 0.29) is 19.0 Å². The van der Waals surface area contributed by atoms with Crippen LogP contribution in [0.15, 0.2) is 65.3 Å². The predicted octanol–water partition coefficient (Wildman–Crippen LogP) is 5.08. The third-order valence-corrected chi connectivity index (χ3v) is 5.07. The zero-order valence-corrected chi connectivity index (χ0v) is 17.4. The normalized spacial score (nSPS) is 10.9. The van der Waals surface area contributed by atoms with Crippen molar-refractivity contribution in [3.8, 4) is 16.9 Å². The monoisotopic (exact) mass is 421 g/mol. The fourth-order valence-corrected chi connectivity index (χ4v) is 3.31. The van der Waals surface area contributed by atoms with Crippen molar-refractivity contribution in [1.82, 2.24) is 14.9 Å². The van der Waals surface area contributed by atoms with Gasteiger partial charge in [0.15, 0.2) is 0 Å². The number of benzene rings is 2. The first-order valence-corrected chi connectivity index (χ1v) is 9.86. The van der Waals surface area contributed by atoms with E-state index in [1.165, 1.54) is 0 Å². The molecular formula is C23H20ClN3O3. The Hall–Kier alpha value is -3.38. The number of para-hydroxylation sites is 1. The molecule has 0 bridgehead atoms. The average molecular weight is 422 g/mol. The average Bonchev–Trinajstić information content (AvgIpc) is 3.32. The maximum atomic E-state index is 12.4. The van der Waals surface area contributed by atoms with Gasteiger partial charge in [-0.05, 0) is 38.1 Å². The molecule has 4 rings (SSSR count). The molecule has 0 aliphatic heterocycles. The Kier molecular flexibility index (Phi) is 5.68. The quantitative estimate of drug-likeness (QED) is 0.406. The second kappa shape index (κ2) is 8.55. The van der Waals surface area contributed by atoms with Gasteiger partial charge in [-0.2, -0.15) is 5.10 Å². The number of aryl methyl sites for hydroxylation is 2. The van der Waals surface area contributed by atoms with Gasteiger partial charge < -0.3 is 9.26 Å². The molecule has 0 fully saturated rings. The fraction of sp³-hybridized carbons (Fsp3) is 0.174. The lowest BCUT2D eigenvalue weighted by atomic mass is 10.1. The molecule has 0 radical (unpaired) electrons. The van der Waals surface area contributed by atoms with Crippen LogP contribution in [0, 0.1) is 13.8 Å². The third-order valence-electron chi connectivity index (χ3n) is 4.82. The van der Waals surface area contributed by atoms with Crippen molar-refractivity contribution in [3.05, 3.63) is 88.4 Å². The van der Waals surface area contributed by atoms with Crippen molar-refractivity contribution < 1.29 is 14.1 Å². The fourth-order valence-electron chi connectivity index (χ4n) is 3.19. The highest BCUT2D eigenvalue weighted by atomic mass is 35.5. The van der Waals surface area contributed by atoms with Crippen molar-refractivity contribution >= 4 is 17.6 Å². The highest BCUT2D eigenvalue weighted by molar-refractivity contribution is 6.30. The maximum absolute atomic E-state index is 12.4. The van der Waals surface area contributed by atoms with Crippen LogP contribution in [-0.2, 0) is 22.6 Å². The maximum Gasteiger partial charge on any atom is 0.310 e. The van der Waals surface area contributed by atoms with E-state index >= 15 is 0 Å². The summed E-state index contributed by atoms with van der Waals surface area (Å²) in [4.78, 5) is 12.4. The number of halogens is 1. The van der Waals surface area contributed by atoms with Crippen molar-refractivity contribution in [3.63, 3.8) is 0 Å². The topological polar surface area (TPSA) is 70.2 Å². The SMILES string of the molecule is Cc1noc(C)c1CC(=O)OCc1cn(-c2ccccc2)nc1-c1ccc(Cl)cc1. The van der Waals surface area contributed by atoms with Crippen LogP contribution in [0.4, 0.5) is 0 Å². The summed E-state index contributed by atoms with van der Waals surface area (Å²) in [5, 5.41) is 9.24. The van der Waals surface area contributed by atoms with Crippen LogP contribution < -0.4 is 0 Å². The Balaban J connectivity index is 1.58. The van der Waals surface area contributed by atoms with Crippen LogP contribution in [0.1, 0.15) is 22.6 Å². The molecule has 0 spiro atoms. The molecule has 30 heavy (non-hydrogen) atoms. The Morgan fingerprint density at radius 3 is 2.50 bits per heavy atom. The Morgan fingerprint density at radius 1 is 1.10 bits per heavy atom. The molecule has 0 aliphatic carbocycles. The highest BCUT2D eigenvalue weighted by Gasteiger charge is 2.17. The van der Waals surface area contributed by atoms with Crippen LogP contribution in [0.5, 0.6) is 0 Å². The number of esters is 1. The summed E-state index contributed by atoms with van der Waals surface area (Å²) in [7, 11) is 0. The lowest BCUT2D eigenvalue weighted by molar-refractivity contribution is -0.144. The van der Waals surface area contributed by atoms with E-state index in [0.29, 0.717) is 16.5 Å². The largest absolute Gasteiger partial charge is 0.460 e. The number of ether oxygens (including phenoxy) is 1. The molecule has 152 valence electrons. The predicted molar refractivity (Wildman–Crippen MR) is 113 cm³/mol. The van der Waals surface area contributed by atoms with Crippen molar-refractivity contribution in [2.24, 2.45) is 0 Å². The lowest BCUT2D eigenvalue weighted by Gasteiger charge is -2.05. The second-order valence-corrected chi connectivity index (χ2v) is 7.37. The first-order chi connectivity index (χ1) is 14.5. The van der Waals surface area contributed by atoms with Gasteiger partial charge in [0.2, 0.25) is 0 Å². The van der Waals surface area contributed by atoms with Crippen LogP contribution in [0.25, 0.3) is 16.9 Å². The molecule has 0 saturated carbocycles. The van der Waals surface area contributed by atoms with E-state index in [9.17, 15) is 4.79 Å². The molecule has 2 aromatic carbocycles. The van der Waals surface area contributed by atoms with Crippen molar-refractivity contribution in [2.75, 3.05) is 0 Å². The van der Waals surface area contributed by atoms with Gasteiger partial charge in [0.05, 0.1) is 23.5 Å². The number of nitrogens with zero attached hydrogens (tertiary/aromatic N) is 3. The van der Waals surface area contributed by atoms with Gasteiger partial charge in [0, 0.05) is 27.9 Å². The molecule has 0 unspecified atom stereocenters. The standard InChI is InChI=1S/C23H20ClN3O3/c1-15-21(16(2)30-26-15)12-22(28)29-14-18-13-27(20-6-4-3-5-7-20)25-23(18)17-8-10-19(24)11-9-17/h3-11,13H,12,14H2,1-2H3. The van der Waals surface area contributed by atoms with E-state index in [4.69, 9.17) is 26.0 Å². The molecule has 0 amide bonds. The van der Waals surface area contributed by atoms with E-state index in [2.05, 4.69) is 5.16 Å². The molecular weight excluding hydrogens is 402 g/mol. The first kappa shape index (κ1) is 19.9. The van der Waals surface area contributed by atoms with Gasteiger partial charge in [-0.3, -0.25) is 4.79 Å². The number of carbonyl (C=O) groups excluding carboxylic acids is 1. The zero-order valence-electron chi connectivity index (χ0n) is 16.6. The highest BCUT2D eigenvalue weighted by Crippen LogP contribution is 2.26. The third kappa shape index (κ3) is 4.28. The molecule has 4 aromatic rings. The van der Waals surface area contributed by atoms with Crippen LogP contribution in [0.3, 0.4) is 0 Å². The molecule has 2 heterocycles. The minimum Gasteiger partial charge on any atom is -0.460 e. The van der Waals surface area contributed by atoms with Gasteiger partial charge in [-0.25, -0.2) is 4.68 Å². The number of rotatable bonds is 6. The van der Waals surface area contributed by atoms with Crippen LogP contribution in [0.2, 0.25) is 5.02 Å². The van der Waals surface area contributed by atoms with Crippen LogP contribution >= 0.6 is 11.6 Å². The van der Waals surface area contributed by atoms with Gasteiger partial charge >= 0.3 is 5.97 Å². The minimum absolute atomic E-state index is 0.104. The number of aromatic nitrogens is 3. The van der Waals surface area contributed by atoms with Gasteiger partial charge in [-0.1, -0.05) is 47.1 Å². The molecule has 0 aliphatic rings. The molecule has 2 aromatic heterocycles. The van der Waals surface area contributed by atoms with E-state index in [1.54, 1.807) is 11.6 Å². The van der Waals surface area contributed by atoms with E-state index in [0.717, 1.165) is 28.1 Å². The summed E-state index contributed by atoms with van der Waals surface area (Å²) in [5.41, 5.74) is 4.81. The summed E-state index contributed by atoms with van der Waals surface area (Å²) >= 11 is 6.03. The molecule has 0 N–H and O–H groups in total. The minimum atomic E-state index is -0.348. The zero-order chi connectivity index (χ0) is 21.1. The molecule has 7 heteroatoms.